The first-order valence-electron chi connectivity index (χ1n) is 12.8. The van der Waals surface area contributed by atoms with Crippen molar-refractivity contribution in [3.8, 4) is 0 Å². The van der Waals surface area contributed by atoms with Crippen molar-refractivity contribution in [2.24, 2.45) is 0 Å². The minimum Gasteiger partial charge on any atom is -0.390 e. The number of imide groups is 4. The molecule has 0 radical (unpaired) electrons. The summed E-state index contributed by atoms with van der Waals surface area (Å²) in [6.07, 6.45) is -1.86. The molecule has 0 aliphatic rings. The summed E-state index contributed by atoms with van der Waals surface area (Å²) in [6.45, 7) is 5.64. The monoisotopic (exact) mass is 602 g/mol. The molecular formula is C24H42N8O10. The van der Waals surface area contributed by atoms with E-state index in [0.717, 1.165) is 23.9 Å². The van der Waals surface area contributed by atoms with Gasteiger partial charge in [0.2, 0.25) is 12.1 Å². The van der Waals surface area contributed by atoms with Gasteiger partial charge in [-0.25, -0.2) is 24.1 Å². The highest BCUT2D eigenvalue weighted by molar-refractivity contribution is 6.07. The number of aliphatic hydroxyl groups excluding tert-OH is 1. The van der Waals surface area contributed by atoms with E-state index in [1.807, 2.05) is 5.32 Å². The Bertz CT molecular complexity index is 1060. The summed E-state index contributed by atoms with van der Waals surface area (Å²) < 4.78 is 0. The molecule has 0 aliphatic carbocycles. The summed E-state index contributed by atoms with van der Waals surface area (Å²) in [5.74, 6) is -3.56. The Morgan fingerprint density at radius 1 is 0.810 bits per heavy atom. The highest BCUT2D eigenvalue weighted by Crippen LogP contribution is 2.17. The smallest absolute Gasteiger partial charge is 0.333 e. The topological polar surface area (TPSA) is 238 Å². The van der Waals surface area contributed by atoms with Crippen LogP contribution in [0.4, 0.5) is 19.2 Å². The fourth-order valence-corrected chi connectivity index (χ4v) is 3.31. The minimum absolute atomic E-state index is 0.0569. The molecule has 42 heavy (non-hydrogen) atoms. The van der Waals surface area contributed by atoms with Gasteiger partial charge in [-0.3, -0.25) is 34.7 Å². The predicted molar refractivity (Wildman–Crippen MR) is 146 cm³/mol. The Morgan fingerprint density at radius 3 is 1.81 bits per heavy atom. The fourth-order valence-electron chi connectivity index (χ4n) is 3.31. The van der Waals surface area contributed by atoms with Crippen LogP contribution in [0.5, 0.6) is 0 Å². The van der Waals surface area contributed by atoms with Crippen LogP contribution in [0.25, 0.3) is 0 Å². The van der Waals surface area contributed by atoms with Gasteiger partial charge < -0.3 is 30.6 Å². The molecule has 1 unspecified atom stereocenters. The summed E-state index contributed by atoms with van der Waals surface area (Å²) in [7, 11) is 5.69. The molecule has 0 bridgehead atoms. The Kier molecular flexibility index (Phi) is 14.5. The maximum Gasteiger partial charge on any atom is 0.333 e. The number of hydrogen-bond acceptors (Lipinski definition) is 10. The fraction of sp³-hybridized carbons (Fsp3) is 0.667. The largest absolute Gasteiger partial charge is 0.390 e. The van der Waals surface area contributed by atoms with Crippen molar-refractivity contribution in [2.75, 3.05) is 35.2 Å². The third-order valence-electron chi connectivity index (χ3n) is 5.88. The average Bonchev–Trinajstić information content (AvgIpc) is 2.91. The van der Waals surface area contributed by atoms with Crippen LogP contribution in [-0.4, -0.2) is 137 Å². The van der Waals surface area contributed by atoms with Crippen LogP contribution in [0.15, 0.2) is 0 Å². The number of rotatable bonds is 10. The summed E-state index contributed by atoms with van der Waals surface area (Å²) in [5, 5.41) is 28.7. The van der Waals surface area contributed by atoms with E-state index in [9.17, 15) is 48.6 Å². The molecule has 0 aromatic carbocycles. The van der Waals surface area contributed by atoms with Crippen LogP contribution in [0, 0.1) is 0 Å². The minimum atomic E-state index is -1.96. The van der Waals surface area contributed by atoms with Crippen molar-refractivity contribution in [3.63, 3.8) is 0 Å². The molecule has 18 heteroatoms. The molecule has 0 saturated heterocycles. The summed E-state index contributed by atoms with van der Waals surface area (Å²) in [4.78, 5) is 101. The van der Waals surface area contributed by atoms with E-state index >= 15 is 0 Å². The van der Waals surface area contributed by atoms with Crippen LogP contribution >= 0.6 is 0 Å². The molecule has 238 valence electrons. The van der Waals surface area contributed by atoms with E-state index in [0.29, 0.717) is 16.2 Å². The van der Waals surface area contributed by atoms with Gasteiger partial charge in [-0.05, 0) is 27.2 Å². The number of aliphatic hydroxyl groups is 2. The van der Waals surface area contributed by atoms with Crippen molar-refractivity contribution in [2.45, 2.75) is 70.9 Å². The van der Waals surface area contributed by atoms with E-state index in [1.54, 1.807) is 12.2 Å². The summed E-state index contributed by atoms with van der Waals surface area (Å²) in [6, 6.07) is -7.37. The summed E-state index contributed by atoms with van der Waals surface area (Å²) >= 11 is 0. The SMILES string of the molecule is CCCC(=O)N(C)[C@H](O)C(=O)N(C)[C@@H](CC(C)(C)O)C(=O)NC(=O)N(C)C(=O)NC(=O)NC(C)C(=O)N(C)C(=O)NC. The van der Waals surface area contributed by atoms with E-state index in [2.05, 4.69) is 10.6 Å². The lowest BCUT2D eigenvalue weighted by Crippen LogP contribution is -2.59. The molecule has 0 aromatic heterocycles. The lowest BCUT2D eigenvalue weighted by molar-refractivity contribution is -0.160. The van der Waals surface area contributed by atoms with E-state index < -0.39 is 78.1 Å². The first kappa shape index (κ1) is 37.7. The van der Waals surface area contributed by atoms with E-state index in [1.165, 1.54) is 41.9 Å². The zero-order valence-electron chi connectivity index (χ0n) is 25.3. The van der Waals surface area contributed by atoms with Crippen LogP contribution in [0.3, 0.4) is 0 Å². The number of carbonyl (C=O) groups excluding carboxylic acids is 8. The lowest BCUT2D eigenvalue weighted by Gasteiger charge is -2.34. The Labute approximate surface area is 243 Å². The summed E-state index contributed by atoms with van der Waals surface area (Å²) in [5.41, 5.74) is -1.55. The van der Waals surface area contributed by atoms with Gasteiger partial charge in [-0.15, -0.1) is 0 Å². The molecule has 0 heterocycles. The molecule has 0 fully saturated rings. The number of likely N-dealkylation sites (N-methyl/N-ethyl adjacent to an activating group) is 3. The Hall–Kier alpha value is -4.32. The number of nitrogens with zero attached hydrogens (tertiary/aromatic N) is 4. The van der Waals surface area contributed by atoms with Crippen LogP contribution in [0.1, 0.15) is 47.0 Å². The van der Waals surface area contributed by atoms with Crippen molar-refractivity contribution < 1.29 is 48.6 Å². The number of amides is 12. The van der Waals surface area contributed by atoms with Gasteiger partial charge in [0.15, 0.2) is 0 Å². The molecule has 6 N–H and O–H groups in total. The van der Waals surface area contributed by atoms with Crippen LogP contribution < -0.4 is 21.3 Å². The van der Waals surface area contributed by atoms with Crippen LogP contribution in [0.2, 0.25) is 0 Å². The maximum absolute atomic E-state index is 13.0. The second-order valence-corrected chi connectivity index (χ2v) is 10.0. The highest BCUT2D eigenvalue weighted by atomic mass is 16.3. The number of nitrogens with one attached hydrogen (secondary N) is 4. The standard InChI is InChI=1S/C24H42N8O10/c1-10-11-15(33)30(7)19(37)18(36)29(6)14(12-24(3,4)42)16(34)27-22(40)32(9)23(41)28-20(38)26-13(2)17(35)31(8)21(39)25-5/h13-14,19,37,42H,10-12H2,1-9H3,(H,25,39)(H,27,34,40)(H2,26,28,38,41)/t13?,14-,19+/m0/s1. The van der Waals surface area contributed by atoms with Gasteiger partial charge in [-0.2, -0.15) is 0 Å². The molecule has 18 nitrogen and oxygen atoms in total. The van der Waals surface area contributed by atoms with E-state index in [-0.39, 0.29) is 6.42 Å². The second-order valence-electron chi connectivity index (χ2n) is 10.0. The predicted octanol–water partition coefficient (Wildman–Crippen LogP) is -1.68. The first-order chi connectivity index (χ1) is 19.2. The third-order valence-corrected chi connectivity index (χ3v) is 5.88. The zero-order valence-corrected chi connectivity index (χ0v) is 25.3. The van der Waals surface area contributed by atoms with Gasteiger partial charge in [0.1, 0.15) is 12.1 Å². The van der Waals surface area contributed by atoms with Gasteiger partial charge in [0.25, 0.3) is 17.7 Å². The Morgan fingerprint density at radius 2 is 1.33 bits per heavy atom. The number of carbonyl (C=O) groups is 8. The molecule has 3 atom stereocenters. The maximum atomic E-state index is 13.0. The van der Waals surface area contributed by atoms with Crippen LogP contribution in [-0.2, 0) is 19.2 Å². The van der Waals surface area contributed by atoms with Crippen molar-refractivity contribution in [1.29, 1.82) is 0 Å². The molecule has 12 amide bonds. The van der Waals surface area contributed by atoms with Crippen molar-refractivity contribution >= 4 is 47.8 Å². The number of hydrogen-bond donors (Lipinski definition) is 6. The van der Waals surface area contributed by atoms with Gasteiger partial charge in [-0.1, -0.05) is 6.92 Å². The molecule has 0 saturated carbocycles. The molecular weight excluding hydrogens is 560 g/mol. The first-order valence-corrected chi connectivity index (χ1v) is 12.8. The van der Waals surface area contributed by atoms with Gasteiger partial charge in [0.05, 0.1) is 5.60 Å². The Balaban J connectivity index is 5.50. The molecule has 0 spiro atoms. The molecule has 0 aromatic rings. The van der Waals surface area contributed by atoms with Crippen molar-refractivity contribution in [1.82, 2.24) is 40.9 Å². The third kappa shape index (κ3) is 11.3. The molecule has 0 rings (SSSR count). The van der Waals surface area contributed by atoms with Crippen molar-refractivity contribution in [3.05, 3.63) is 0 Å². The average molecular weight is 603 g/mol. The molecule has 0 aliphatic heterocycles. The lowest BCUT2D eigenvalue weighted by atomic mass is 9.97. The number of urea groups is 4. The van der Waals surface area contributed by atoms with E-state index in [4.69, 9.17) is 0 Å². The quantitative estimate of drug-likeness (QED) is 0.155. The van der Waals surface area contributed by atoms with Gasteiger partial charge >= 0.3 is 24.1 Å². The normalized spacial score (nSPS) is 12.9. The van der Waals surface area contributed by atoms with Gasteiger partial charge in [0, 0.05) is 48.1 Å². The highest BCUT2D eigenvalue weighted by Gasteiger charge is 2.37. The second kappa shape index (κ2) is 16.2. The zero-order chi connectivity index (χ0) is 33.1.